The molecular formula is C45H73NO8. The number of benzene rings is 1. The van der Waals surface area contributed by atoms with Crippen molar-refractivity contribution in [1.82, 2.24) is 5.32 Å². The van der Waals surface area contributed by atoms with E-state index in [0.29, 0.717) is 12.8 Å². The van der Waals surface area contributed by atoms with Gasteiger partial charge >= 0.3 is 17.9 Å². The Kier molecular flexibility index (Phi) is 33.7. The van der Waals surface area contributed by atoms with Crippen LogP contribution in [-0.2, 0) is 9.59 Å². The van der Waals surface area contributed by atoms with Gasteiger partial charge in [-0.05, 0) is 82.4 Å². The zero-order valence-corrected chi connectivity index (χ0v) is 33.7. The molecule has 54 heavy (non-hydrogen) atoms. The summed E-state index contributed by atoms with van der Waals surface area (Å²) in [5.74, 6) is -4.38. The minimum atomic E-state index is -1.48. The lowest BCUT2D eigenvalue weighted by Crippen LogP contribution is -2.29. The molecule has 0 saturated heterocycles. The molecule has 9 heteroatoms. The lowest BCUT2D eigenvalue weighted by atomic mass is 10.0. The van der Waals surface area contributed by atoms with Gasteiger partial charge in [0.25, 0.3) is 0 Å². The predicted octanol–water partition coefficient (Wildman–Crippen LogP) is 12.5. The second kappa shape index (κ2) is 36.2. The standard InChI is InChI=1S/C36H67NO2.C9H6O6/c1-3-5-7-9-11-13-15-17-19-21-23-25-27-29-31-33-35(38)37-36(39)34-32-30-28-26-24-22-20-18-16-14-12-10-8-6-4-2;10-7(11)4-1-2-5(8(12)13)6(3-4)9(14)15/h17-20H,3-16,21-34H2,1-2H3,(H,37,38,39);1-3H,(H,10,11)(H,12,13)(H,14,15)/b19-17-,20-18-;. The van der Waals surface area contributed by atoms with Crippen LogP contribution in [-0.4, -0.2) is 45.0 Å². The molecule has 2 amide bonds. The number of carbonyl (C=O) groups is 5. The normalized spacial score (nSPS) is 11.1. The number of carbonyl (C=O) groups excluding carboxylic acids is 2. The SMILES string of the molecule is CCCCCCCC/C=C\CCCCCCCC(=O)NC(=O)CCCCCCC/C=C\CCCCCCCC.O=C(O)c1ccc(C(=O)O)c(C(=O)O)c1. The summed E-state index contributed by atoms with van der Waals surface area (Å²) in [7, 11) is 0. The molecule has 1 aromatic rings. The average Bonchev–Trinajstić information content (AvgIpc) is 3.14. The van der Waals surface area contributed by atoms with Gasteiger partial charge in [-0.2, -0.15) is 0 Å². The fourth-order valence-electron chi connectivity index (χ4n) is 6.03. The number of nitrogens with one attached hydrogen (secondary N) is 1. The summed E-state index contributed by atoms with van der Waals surface area (Å²) < 4.78 is 0. The summed E-state index contributed by atoms with van der Waals surface area (Å²) in [4.78, 5) is 55.8. The zero-order valence-electron chi connectivity index (χ0n) is 33.7. The summed E-state index contributed by atoms with van der Waals surface area (Å²) in [6, 6.07) is 2.81. The summed E-state index contributed by atoms with van der Waals surface area (Å²) in [6.45, 7) is 4.53. The van der Waals surface area contributed by atoms with Crippen LogP contribution in [0.3, 0.4) is 0 Å². The minimum Gasteiger partial charge on any atom is -0.478 e. The highest BCUT2D eigenvalue weighted by molar-refractivity contribution is 6.03. The highest BCUT2D eigenvalue weighted by Gasteiger charge is 2.18. The third-order valence-electron chi connectivity index (χ3n) is 9.34. The van der Waals surface area contributed by atoms with Crippen LogP contribution in [0.4, 0.5) is 0 Å². The minimum absolute atomic E-state index is 0.0922. The van der Waals surface area contributed by atoms with Gasteiger partial charge in [0, 0.05) is 12.8 Å². The quantitative estimate of drug-likeness (QED) is 0.0407. The molecule has 0 radical (unpaired) electrons. The summed E-state index contributed by atoms with van der Waals surface area (Å²) in [6.07, 6.45) is 42.9. The summed E-state index contributed by atoms with van der Waals surface area (Å²) >= 11 is 0. The Morgan fingerprint density at radius 3 is 1.11 bits per heavy atom. The topological polar surface area (TPSA) is 158 Å². The number of carboxylic acid groups (broad SMARTS) is 3. The van der Waals surface area contributed by atoms with Crippen LogP contribution in [0.25, 0.3) is 0 Å². The Morgan fingerprint density at radius 2 is 0.778 bits per heavy atom. The Bertz CT molecular complexity index is 1170. The number of amides is 2. The predicted molar refractivity (Wildman–Crippen MR) is 219 cm³/mol. The number of allylic oxidation sites excluding steroid dienone is 4. The van der Waals surface area contributed by atoms with Crippen LogP contribution < -0.4 is 5.32 Å². The zero-order chi connectivity index (χ0) is 40.1. The molecule has 0 saturated carbocycles. The van der Waals surface area contributed by atoms with Crippen molar-refractivity contribution < 1.29 is 39.3 Å². The molecule has 306 valence electrons. The molecule has 9 nitrogen and oxygen atoms in total. The second-order valence-corrected chi connectivity index (χ2v) is 14.3. The van der Waals surface area contributed by atoms with Crippen LogP contribution >= 0.6 is 0 Å². The van der Waals surface area contributed by atoms with Crippen molar-refractivity contribution >= 4 is 29.7 Å². The van der Waals surface area contributed by atoms with Crippen LogP contribution in [0, 0.1) is 0 Å². The van der Waals surface area contributed by atoms with E-state index in [1.165, 1.54) is 141 Å². The van der Waals surface area contributed by atoms with Crippen molar-refractivity contribution in [2.75, 3.05) is 0 Å². The first-order valence-electron chi connectivity index (χ1n) is 21.1. The molecule has 0 aliphatic heterocycles. The molecule has 1 aromatic carbocycles. The first-order chi connectivity index (χ1) is 26.1. The number of unbranched alkanes of at least 4 members (excludes halogenated alkanes) is 22. The third-order valence-corrected chi connectivity index (χ3v) is 9.34. The van der Waals surface area contributed by atoms with E-state index in [2.05, 4.69) is 43.5 Å². The Hall–Kier alpha value is -3.75. The number of aromatic carboxylic acids is 3. The Labute approximate surface area is 326 Å². The van der Waals surface area contributed by atoms with E-state index in [1.807, 2.05) is 0 Å². The molecule has 1 rings (SSSR count). The molecular weight excluding hydrogens is 682 g/mol. The van der Waals surface area contributed by atoms with Gasteiger partial charge in [-0.25, -0.2) is 14.4 Å². The smallest absolute Gasteiger partial charge is 0.336 e. The van der Waals surface area contributed by atoms with Gasteiger partial charge in [0.2, 0.25) is 11.8 Å². The second-order valence-electron chi connectivity index (χ2n) is 14.3. The van der Waals surface area contributed by atoms with Gasteiger partial charge in [-0.15, -0.1) is 0 Å². The van der Waals surface area contributed by atoms with E-state index in [9.17, 15) is 24.0 Å². The first kappa shape index (κ1) is 50.2. The molecule has 0 bridgehead atoms. The molecule has 0 aliphatic rings. The van der Waals surface area contributed by atoms with Crippen molar-refractivity contribution in [1.29, 1.82) is 0 Å². The first-order valence-corrected chi connectivity index (χ1v) is 21.1. The fourth-order valence-corrected chi connectivity index (χ4v) is 6.03. The van der Waals surface area contributed by atoms with Gasteiger partial charge < -0.3 is 15.3 Å². The maximum atomic E-state index is 12.0. The van der Waals surface area contributed by atoms with Gasteiger partial charge in [0.1, 0.15) is 0 Å². The molecule has 0 atom stereocenters. The van der Waals surface area contributed by atoms with E-state index in [4.69, 9.17) is 15.3 Å². The van der Waals surface area contributed by atoms with E-state index < -0.39 is 29.0 Å². The highest BCUT2D eigenvalue weighted by atomic mass is 16.4. The van der Waals surface area contributed by atoms with Gasteiger partial charge in [-0.3, -0.25) is 14.9 Å². The van der Waals surface area contributed by atoms with Crippen molar-refractivity contribution in [3.63, 3.8) is 0 Å². The summed E-state index contributed by atoms with van der Waals surface area (Å²) in [5.41, 5.74) is -1.24. The molecule has 0 aliphatic carbocycles. The lowest BCUT2D eigenvalue weighted by Gasteiger charge is -2.05. The molecule has 0 heterocycles. The maximum Gasteiger partial charge on any atom is 0.336 e. The van der Waals surface area contributed by atoms with Gasteiger partial charge in [0.05, 0.1) is 16.7 Å². The van der Waals surface area contributed by atoms with Crippen LogP contribution in [0.1, 0.15) is 225 Å². The monoisotopic (exact) mass is 756 g/mol. The van der Waals surface area contributed by atoms with Crippen molar-refractivity contribution in [3.05, 3.63) is 59.2 Å². The number of hydrogen-bond donors (Lipinski definition) is 4. The van der Waals surface area contributed by atoms with E-state index in [0.717, 1.165) is 43.9 Å². The highest BCUT2D eigenvalue weighted by Crippen LogP contribution is 2.14. The van der Waals surface area contributed by atoms with Crippen LogP contribution in [0.2, 0.25) is 0 Å². The van der Waals surface area contributed by atoms with Crippen molar-refractivity contribution in [2.45, 2.75) is 194 Å². The average molecular weight is 756 g/mol. The van der Waals surface area contributed by atoms with Gasteiger partial charge in [-0.1, -0.05) is 141 Å². The van der Waals surface area contributed by atoms with Gasteiger partial charge in [0.15, 0.2) is 0 Å². The molecule has 0 spiro atoms. The fraction of sp³-hybridized carbons (Fsp3) is 0.667. The van der Waals surface area contributed by atoms with Crippen molar-refractivity contribution in [2.24, 2.45) is 0 Å². The van der Waals surface area contributed by atoms with Crippen LogP contribution in [0.5, 0.6) is 0 Å². The molecule has 0 fully saturated rings. The van der Waals surface area contributed by atoms with Crippen molar-refractivity contribution in [3.8, 4) is 0 Å². The number of hydrogen-bond acceptors (Lipinski definition) is 5. The van der Waals surface area contributed by atoms with E-state index >= 15 is 0 Å². The number of imide groups is 1. The molecule has 4 N–H and O–H groups in total. The number of rotatable bonds is 33. The van der Waals surface area contributed by atoms with E-state index in [1.54, 1.807) is 0 Å². The third kappa shape index (κ3) is 30.7. The maximum absolute atomic E-state index is 12.0. The summed E-state index contributed by atoms with van der Waals surface area (Å²) in [5, 5.41) is 28.5. The lowest BCUT2D eigenvalue weighted by molar-refractivity contribution is -0.130. The largest absolute Gasteiger partial charge is 0.478 e. The van der Waals surface area contributed by atoms with Crippen LogP contribution in [0.15, 0.2) is 42.5 Å². The Balaban J connectivity index is 0.00000155. The Morgan fingerprint density at radius 1 is 0.444 bits per heavy atom. The van der Waals surface area contributed by atoms with E-state index in [-0.39, 0.29) is 17.4 Å². The number of carboxylic acids is 3. The molecule has 0 unspecified atom stereocenters. The molecule has 0 aromatic heterocycles.